The fourth-order valence-electron chi connectivity index (χ4n) is 2.83. The first-order valence-corrected chi connectivity index (χ1v) is 7.75. The Labute approximate surface area is 127 Å². The number of nitrogens with zero attached hydrogens (tertiary/aromatic N) is 5. The Bertz CT molecular complexity index is 461. The Morgan fingerprint density at radius 2 is 2.00 bits per heavy atom. The van der Waals surface area contributed by atoms with E-state index in [2.05, 4.69) is 57.9 Å². The number of aromatic nitrogens is 3. The fourth-order valence-corrected chi connectivity index (χ4v) is 2.83. The molecule has 1 fully saturated rings. The lowest BCUT2D eigenvalue weighted by Crippen LogP contribution is -2.43. The Morgan fingerprint density at radius 1 is 1.29 bits per heavy atom. The van der Waals surface area contributed by atoms with Gasteiger partial charge in [-0.2, -0.15) is 15.0 Å². The van der Waals surface area contributed by atoms with Crippen LogP contribution in [0.3, 0.4) is 0 Å². The zero-order valence-electron chi connectivity index (χ0n) is 13.5. The van der Waals surface area contributed by atoms with E-state index in [1.165, 1.54) is 0 Å². The van der Waals surface area contributed by atoms with Crippen LogP contribution in [-0.4, -0.2) is 59.1 Å². The largest absolute Gasteiger partial charge is 0.368 e. The summed E-state index contributed by atoms with van der Waals surface area (Å²) in [5.41, 5.74) is 5.83. The third kappa shape index (κ3) is 3.93. The number of nitrogen functional groups attached to an aromatic ring is 1. The molecule has 0 amide bonds. The molecule has 7 nitrogen and oxygen atoms in total. The summed E-state index contributed by atoms with van der Waals surface area (Å²) in [6.07, 6.45) is 1.09. The lowest BCUT2D eigenvalue weighted by Gasteiger charge is -2.35. The fraction of sp³-hybridized carbons (Fsp3) is 0.786. The van der Waals surface area contributed by atoms with Gasteiger partial charge in [0.2, 0.25) is 17.8 Å². The number of piperidine rings is 1. The molecule has 2 heterocycles. The van der Waals surface area contributed by atoms with Gasteiger partial charge in [0.1, 0.15) is 0 Å². The molecule has 0 radical (unpaired) electrons. The molecule has 2 rings (SSSR count). The number of nitrogens with two attached hydrogens (primary N) is 1. The van der Waals surface area contributed by atoms with Crippen LogP contribution in [0.2, 0.25) is 0 Å². The summed E-state index contributed by atoms with van der Waals surface area (Å²) in [5, 5.41) is 3.44. The van der Waals surface area contributed by atoms with Crippen LogP contribution in [0.4, 0.5) is 17.8 Å². The SMILES string of the molecule is CCN(CC)c1nc(N)nc(NC2CCN(C)CC2C)n1. The number of likely N-dealkylation sites (tertiary alicyclic amines) is 1. The van der Waals surface area contributed by atoms with E-state index in [0.29, 0.717) is 23.9 Å². The lowest BCUT2D eigenvalue weighted by molar-refractivity contribution is 0.206. The van der Waals surface area contributed by atoms with Crippen LogP contribution < -0.4 is 16.0 Å². The Morgan fingerprint density at radius 3 is 2.62 bits per heavy atom. The Hall–Kier alpha value is -1.63. The second-order valence-electron chi connectivity index (χ2n) is 5.77. The van der Waals surface area contributed by atoms with Crippen LogP contribution in [0.25, 0.3) is 0 Å². The van der Waals surface area contributed by atoms with Crippen LogP contribution in [0.15, 0.2) is 0 Å². The summed E-state index contributed by atoms with van der Waals surface area (Å²) < 4.78 is 0. The van der Waals surface area contributed by atoms with Crippen molar-refractivity contribution in [2.75, 3.05) is 49.2 Å². The summed E-state index contributed by atoms with van der Waals surface area (Å²) in [7, 11) is 2.16. The standard InChI is InChI=1S/C14H27N7/c1-5-21(6-2)14-18-12(15)17-13(19-14)16-11-7-8-20(4)9-10(11)3/h10-11H,5-9H2,1-4H3,(H3,15,16,17,18,19). The van der Waals surface area contributed by atoms with Crippen molar-refractivity contribution in [3.8, 4) is 0 Å². The maximum Gasteiger partial charge on any atom is 0.231 e. The summed E-state index contributed by atoms with van der Waals surface area (Å²) in [6, 6.07) is 0.382. The van der Waals surface area contributed by atoms with Crippen molar-refractivity contribution in [2.24, 2.45) is 5.92 Å². The topological polar surface area (TPSA) is 83.2 Å². The van der Waals surface area contributed by atoms with Crippen LogP contribution in [-0.2, 0) is 0 Å². The quantitative estimate of drug-likeness (QED) is 0.839. The van der Waals surface area contributed by atoms with E-state index in [1.54, 1.807) is 0 Å². The van der Waals surface area contributed by atoms with Crippen molar-refractivity contribution < 1.29 is 0 Å². The number of hydrogen-bond donors (Lipinski definition) is 2. The minimum atomic E-state index is 0.273. The average Bonchev–Trinajstić information content (AvgIpc) is 2.43. The first kappa shape index (κ1) is 15.8. The summed E-state index contributed by atoms with van der Waals surface area (Å²) in [6.45, 7) is 10.3. The molecule has 21 heavy (non-hydrogen) atoms. The molecule has 1 aromatic rings. The molecule has 3 N–H and O–H groups in total. The second kappa shape index (κ2) is 6.89. The van der Waals surface area contributed by atoms with Crippen molar-refractivity contribution in [3.63, 3.8) is 0 Å². The third-order valence-electron chi connectivity index (χ3n) is 4.11. The van der Waals surface area contributed by atoms with E-state index in [1.807, 2.05) is 0 Å². The summed E-state index contributed by atoms with van der Waals surface area (Å²) >= 11 is 0. The molecule has 1 aromatic heterocycles. The minimum Gasteiger partial charge on any atom is -0.368 e. The zero-order chi connectivity index (χ0) is 15.4. The first-order valence-electron chi connectivity index (χ1n) is 7.75. The van der Waals surface area contributed by atoms with E-state index >= 15 is 0 Å². The van der Waals surface area contributed by atoms with Gasteiger partial charge in [0.25, 0.3) is 0 Å². The van der Waals surface area contributed by atoms with Crippen LogP contribution >= 0.6 is 0 Å². The molecule has 0 saturated carbocycles. The van der Waals surface area contributed by atoms with Crippen molar-refractivity contribution in [3.05, 3.63) is 0 Å². The van der Waals surface area contributed by atoms with Crippen molar-refractivity contribution in [1.29, 1.82) is 0 Å². The number of anilines is 3. The molecule has 2 unspecified atom stereocenters. The molecule has 0 bridgehead atoms. The highest BCUT2D eigenvalue weighted by Crippen LogP contribution is 2.20. The van der Waals surface area contributed by atoms with Gasteiger partial charge in [-0.1, -0.05) is 6.92 Å². The number of nitrogens with one attached hydrogen (secondary N) is 1. The van der Waals surface area contributed by atoms with Gasteiger partial charge in [0, 0.05) is 25.7 Å². The first-order chi connectivity index (χ1) is 10.0. The highest BCUT2D eigenvalue weighted by molar-refractivity contribution is 5.42. The second-order valence-corrected chi connectivity index (χ2v) is 5.77. The molecule has 2 atom stereocenters. The van der Waals surface area contributed by atoms with Gasteiger partial charge in [0.15, 0.2) is 0 Å². The molecule has 1 saturated heterocycles. The van der Waals surface area contributed by atoms with E-state index < -0.39 is 0 Å². The molecular formula is C14H27N7. The summed E-state index contributed by atoms with van der Waals surface area (Å²) in [5.74, 6) is 2.06. The monoisotopic (exact) mass is 293 g/mol. The molecular weight excluding hydrogens is 266 g/mol. The highest BCUT2D eigenvalue weighted by Gasteiger charge is 2.25. The predicted molar refractivity (Wildman–Crippen MR) is 86.5 cm³/mol. The van der Waals surface area contributed by atoms with Gasteiger partial charge in [-0.25, -0.2) is 0 Å². The lowest BCUT2D eigenvalue weighted by atomic mass is 9.94. The van der Waals surface area contributed by atoms with Gasteiger partial charge in [-0.3, -0.25) is 0 Å². The molecule has 1 aliphatic rings. The van der Waals surface area contributed by atoms with Gasteiger partial charge in [-0.05, 0) is 39.8 Å². The molecule has 0 aliphatic carbocycles. The number of hydrogen-bond acceptors (Lipinski definition) is 7. The van der Waals surface area contributed by atoms with Gasteiger partial charge in [-0.15, -0.1) is 0 Å². The smallest absolute Gasteiger partial charge is 0.231 e. The normalized spacial score (nSPS) is 23.0. The predicted octanol–water partition coefficient (Wildman–Crippen LogP) is 1.05. The molecule has 0 spiro atoms. The molecule has 1 aliphatic heterocycles. The zero-order valence-corrected chi connectivity index (χ0v) is 13.5. The van der Waals surface area contributed by atoms with E-state index in [9.17, 15) is 0 Å². The van der Waals surface area contributed by atoms with Crippen LogP contribution in [0, 0.1) is 5.92 Å². The van der Waals surface area contributed by atoms with Gasteiger partial charge in [0.05, 0.1) is 0 Å². The van der Waals surface area contributed by atoms with E-state index in [0.717, 1.165) is 32.6 Å². The van der Waals surface area contributed by atoms with Crippen LogP contribution in [0.5, 0.6) is 0 Å². The minimum absolute atomic E-state index is 0.273. The van der Waals surface area contributed by atoms with Crippen molar-refractivity contribution in [1.82, 2.24) is 19.9 Å². The molecule has 0 aromatic carbocycles. The maximum atomic E-state index is 5.83. The van der Waals surface area contributed by atoms with Crippen LogP contribution in [0.1, 0.15) is 27.2 Å². The Kier molecular flexibility index (Phi) is 5.17. The number of rotatable bonds is 5. The highest BCUT2D eigenvalue weighted by atomic mass is 15.3. The Balaban J connectivity index is 2.12. The molecule has 7 heteroatoms. The summed E-state index contributed by atoms with van der Waals surface area (Å²) in [4.78, 5) is 17.4. The van der Waals surface area contributed by atoms with Crippen molar-refractivity contribution >= 4 is 17.8 Å². The third-order valence-corrected chi connectivity index (χ3v) is 4.11. The van der Waals surface area contributed by atoms with Gasteiger partial charge < -0.3 is 20.9 Å². The van der Waals surface area contributed by atoms with Gasteiger partial charge >= 0.3 is 0 Å². The van der Waals surface area contributed by atoms with E-state index in [4.69, 9.17) is 5.73 Å². The van der Waals surface area contributed by atoms with Crippen molar-refractivity contribution in [2.45, 2.75) is 33.2 Å². The maximum absolute atomic E-state index is 5.83. The molecule has 118 valence electrons. The van der Waals surface area contributed by atoms with E-state index in [-0.39, 0.29) is 5.95 Å². The average molecular weight is 293 g/mol.